The number of hydrogen-bond donors (Lipinski definition) is 0. The van der Waals surface area contributed by atoms with E-state index < -0.39 is 0 Å². The predicted octanol–water partition coefficient (Wildman–Crippen LogP) is 29.1. The maximum Gasteiger partial charge on any atom is 0.215 e. The number of thiophene rings is 6. The maximum absolute atomic E-state index is 5.01. The molecule has 144 heavy (non-hydrogen) atoms. The van der Waals surface area contributed by atoms with Crippen LogP contribution in [0.25, 0.3) is 289 Å². The molecule has 23 aromatic heterocycles. The molecule has 36 aromatic rings. The summed E-state index contributed by atoms with van der Waals surface area (Å²) < 4.78 is 35.4. The Labute approximate surface area is 835 Å². The van der Waals surface area contributed by atoms with E-state index in [1.54, 1.807) is 56.7 Å². The van der Waals surface area contributed by atoms with Crippen LogP contribution in [-0.2, 0) is 42.3 Å². The van der Waals surface area contributed by atoms with Crippen molar-refractivity contribution in [2.45, 2.75) is 0 Å². The van der Waals surface area contributed by atoms with E-state index in [9.17, 15) is 0 Å². The molecule has 13 aromatic carbocycles. The van der Waals surface area contributed by atoms with Gasteiger partial charge in [-0.3, -0.25) is 26.4 Å². The molecular weight excluding hydrogens is 1900 g/mol. The second-order valence-corrected chi connectivity index (χ2v) is 42.7. The van der Waals surface area contributed by atoms with Gasteiger partial charge in [0.15, 0.2) is 0 Å². The molecule has 0 amide bonds. The van der Waals surface area contributed by atoms with Gasteiger partial charge in [0.05, 0.1) is 131 Å². The van der Waals surface area contributed by atoms with E-state index in [4.69, 9.17) is 29.9 Å². The number of pyridine rings is 5. The molecular formula is C115H73N23S6. The van der Waals surface area contributed by atoms with Crippen molar-refractivity contribution in [2.24, 2.45) is 42.3 Å². The Bertz CT molecular complexity index is 11800. The van der Waals surface area contributed by atoms with Crippen molar-refractivity contribution in [3.05, 3.63) is 334 Å². The lowest BCUT2D eigenvalue weighted by Crippen LogP contribution is -1.87. The Balaban J connectivity index is 0.0000000788. The Morgan fingerprint density at radius 1 is 0.181 bits per heavy atom. The number of aromatic nitrogens is 23. The van der Waals surface area contributed by atoms with Gasteiger partial charge in [0.2, 0.25) is 34.7 Å². The molecule has 36 rings (SSSR count). The fourth-order valence-electron chi connectivity index (χ4n) is 22.4. The van der Waals surface area contributed by atoms with Crippen molar-refractivity contribution in [3.8, 4) is 0 Å². The quantitative estimate of drug-likeness (QED) is 0.140. The predicted molar refractivity (Wildman–Crippen MR) is 601 cm³/mol. The highest BCUT2D eigenvalue weighted by Crippen LogP contribution is 2.47. The Morgan fingerprint density at radius 3 is 1.04 bits per heavy atom. The van der Waals surface area contributed by atoms with Crippen LogP contribution < -0.4 is 0 Å². The Morgan fingerprint density at radius 2 is 0.507 bits per heavy atom. The molecule has 0 aliphatic carbocycles. The summed E-state index contributed by atoms with van der Waals surface area (Å²) in [6.07, 6.45) is 9.28. The molecule has 0 aliphatic heterocycles. The molecule has 0 N–H and O–H groups in total. The highest BCUT2D eigenvalue weighted by molar-refractivity contribution is 7.28. The average molecular weight is 1970 g/mol. The maximum atomic E-state index is 5.01. The second-order valence-electron chi connectivity index (χ2n) is 36.6. The van der Waals surface area contributed by atoms with E-state index in [0.717, 1.165) is 108 Å². The summed E-state index contributed by atoms with van der Waals surface area (Å²) in [5, 5.41) is 14.9. The summed E-state index contributed by atoms with van der Waals surface area (Å²) in [6.45, 7) is 0. The van der Waals surface area contributed by atoms with Gasteiger partial charge in [0, 0.05) is 161 Å². The van der Waals surface area contributed by atoms with Crippen LogP contribution in [0, 0.1) is 0 Å². The number of fused-ring (bicyclic) bond motifs is 52. The first-order chi connectivity index (χ1) is 70.9. The average Bonchev–Trinajstić information content (AvgIpc) is 1.56. The van der Waals surface area contributed by atoms with Crippen LogP contribution in [0.2, 0.25) is 0 Å². The Hall–Kier alpha value is -17.5. The summed E-state index contributed by atoms with van der Waals surface area (Å²) in [5.74, 6) is 5.87. The Kier molecular flexibility index (Phi) is 17.3. The zero-order valence-corrected chi connectivity index (χ0v) is 82.4. The molecule has 0 atom stereocenters. The van der Waals surface area contributed by atoms with Gasteiger partial charge in [0.25, 0.3) is 0 Å². The van der Waals surface area contributed by atoms with E-state index in [0.29, 0.717) is 0 Å². The molecule has 0 aliphatic rings. The number of rotatable bonds is 0. The summed E-state index contributed by atoms with van der Waals surface area (Å²) in [4.78, 5) is 57.6. The molecule has 29 heteroatoms. The number of benzene rings is 13. The fraction of sp³-hybridized carbons (Fsp3) is 0.0522. The third kappa shape index (κ3) is 11.5. The minimum atomic E-state index is 0.974. The monoisotopic (exact) mass is 1970 g/mol. The standard InChI is InChI=1S/C20H13N3S.5C19H12N4S/c1-22-15-7-3-4-8-16(15)23-17-10-13-12-6-2-5-9-18(12)24-19(13)11-14(17)21-20(22)23;1-22-14-6-2-3-7-15(14)23-16-13(21-19(22)23)9-8-11-12-5-4-10-20-18(12)24-17(11)16;1-22-13-6-2-3-7-14(13)23-15-9-8-11-12-5-4-10-20-18(12)24-17(11)16(15)21-19(22)23;1-22-13-6-2-3-7-14(13)23-17-12(21-19(22)23)8-9-15-16(17)11-5-4-10-20-18(11)24-15;1-22-12-6-2-3-7-13(12)23-14-8-9-15-16(17(14)21-19(22)23)11-5-4-10-20-18(11)24-15;1-22-14-6-2-3-7-15(14)23-16-10-17-12(9-13(16)21-19(22)23)11-5-4-8-20-18(11)24-17/h2-11H,1H3;5*2-10H,1H3. The van der Waals surface area contributed by atoms with Gasteiger partial charge < -0.3 is 27.4 Å². The number of aryl methyl sites for hydroxylation is 6. The van der Waals surface area contributed by atoms with E-state index in [2.05, 4.69) is 394 Å². The van der Waals surface area contributed by atoms with E-state index in [1.807, 2.05) is 72.7 Å². The highest BCUT2D eigenvalue weighted by Gasteiger charge is 2.27. The molecule has 0 saturated heterocycles. The van der Waals surface area contributed by atoms with Crippen LogP contribution in [0.15, 0.2) is 334 Å². The van der Waals surface area contributed by atoms with Crippen molar-refractivity contribution < 1.29 is 0 Å². The second kappa shape index (κ2) is 30.5. The van der Waals surface area contributed by atoms with Gasteiger partial charge in [-0.1, -0.05) is 103 Å². The summed E-state index contributed by atoms with van der Waals surface area (Å²) in [5.41, 5.74) is 27.6. The fourth-order valence-corrected chi connectivity index (χ4v) is 28.9. The van der Waals surface area contributed by atoms with Crippen molar-refractivity contribution in [1.29, 1.82) is 0 Å². The summed E-state index contributed by atoms with van der Waals surface area (Å²) in [7, 11) is 12.5. The SMILES string of the molecule is Cn1c2ccccc2n2c3c(ccc4c5cccnc5sc43)nc12.Cn1c2ccccc2n2c3c(ccc4sc5ncccc5c43)nc12.Cn1c2ccccc2n2c3cc4c(cc3nc12)sc1ccccc14.Cn1c2ccccc2n2c3cc4sc5ncccc5c4cc3nc12.Cn1c2ccccc2n2c3ccc4c5cccnc5sc4c3nc12.Cn1c2ccccc2n2c3ccc4sc5ncccc5c4c3nc12. The lowest BCUT2D eigenvalue weighted by molar-refractivity contribution is 0.973. The molecule has 0 fully saturated rings. The number of hydrogen-bond acceptors (Lipinski definition) is 17. The lowest BCUT2D eigenvalue weighted by atomic mass is 10.1. The molecule has 0 spiro atoms. The molecule has 0 unspecified atom stereocenters. The van der Waals surface area contributed by atoms with E-state index in [1.165, 1.54) is 180 Å². The van der Waals surface area contributed by atoms with Crippen molar-refractivity contribution in [1.82, 2.24) is 109 Å². The minimum absolute atomic E-state index is 0.974. The van der Waals surface area contributed by atoms with Crippen LogP contribution in [0.4, 0.5) is 0 Å². The van der Waals surface area contributed by atoms with Crippen LogP contribution in [0.5, 0.6) is 0 Å². The van der Waals surface area contributed by atoms with Crippen molar-refractivity contribution in [3.63, 3.8) is 0 Å². The number of imidazole rings is 12. The lowest BCUT2D eigenvalue weighted by Gasteiger charge is -1.98. The van der Waals surface area contributed by atoms with Gasteiger partial charge in [-0.25, -0.2) is 54.8 Å². The van der Waals surface area contributed by atoms with Crippen LogP contribution in [0.3, 0.4) is 0 Å². The van der Waals surface area contributed by atoms with E-state index >= 15 is 0 Å². The third-order valence-electron chi connectivity index (χ3n) is 28.9. The zero-order chi connectivity index (χ0) is 95.0. The molecule has 0 radical (unpaired) electrons. The summed E-state index contributed by atoms with van der Waals surface area (Å²) in [6, 6.07) is 106. The highest BCUT2D eigenvalue weighted by atomic mass is 32.1. The van der Waals surface area contributed by atoms with Crippen LogP contribution in [0.1, 0.15) is 0 Å². The number of para-hydroxylation sites is 12. The first-order valence-corrected chi connectivity index (χ1v) is 52.1. The zero-order valence-electron chi connectivity index (χ0n) is 77.5. The van der Waals surface area contributed by atoms with Crippen LogP contribution in [-0.4, -0.2) is 109 Å². The number of nitrogens with zero attached hydrogens (tertiary/aromatic N) is 23. The summed E-state index contributed by atoms with van der Waals surface area (Å²) >= 11 is 10.5. The molecule has 23 nitrogen and oxygen atoms in total. The molecule has 23 heterocycles. The molecule has 0 bridgehead atoms. The molecule has 0 saturated carbocycles. The van der Waals surface area contributed by atoms with Gasteiger partial charge in [0.1, 0.15) is 35.2 Å². The van der Waals surface area contributed by atoms with Gasteiger partial charge >= 0.3 is 0 Å². The van der Waals surface area contributed by atoms with Gasteiger partial charge in [-0.15, -0.1) is 68.0 Å². The minimum Gasteiger partial charge on any atom is -0.313 e. The first kappa shape index (κ1) is 81.4. The smallest absolute Gasteiger partial charge is 0.215 e. The first-order valence-electron chi connectivity index (χ1n) is 47.2. The van der Waals surface area contributed by atoms with Gasteiger partial charge in [-0.05, 0) is 200 Å². The topological polar surface area (TPSA) is 198 Å². The van der Waals surface area contributed by atoms with Gasteiger partial charge in [-0.2, -0.15) is 0 Å². The van der Waals surface area contributed by atoms with Crippen molar-refractivity contribution in [2.75, 3.05) is 0 Å². The van der Waals surface area contributed by atoms with Crippen LogP contribution >= 0.6 is 68.0 Å². The largest absolute Gasteiger partial charge is 0.313 e. The van der Waals surface area contributed by atoms with Crippen molar-refractivity contribution >= 4 is 357 Å². The molecule has 684 valence electrons. The normalized spacial score (nSPS) is 12.4. The van der Waals surface area contributed by atoms with E-state index in [-0.39, 0.29) is 0 Å². The third-order valence-corrected chi connectivity index (χ3v) is 35.5.